The number of hydrogen-bond acceptors (Lipinski definition) is 4. The van der Waals surface area contributed by atoms with Crippen molar-refractivity contribution < 1.29 is 9.53 Å². The SMILES string of the molecule is COCCN1CC2(CCC1=O)CCN(Cc1nccn1C(C)C)CC2. The molecule has 0 bridgehead atoms. The van der Waals surface area contributed by atoms with Gasteiger partial charge in [-0.15, -0.1) is 0 Å². The van der Waals surface area contributed by atoms with E-state index < -0.39 is 0 Å². The first-order valence-corrected chi connectivity index (χ1v) is 9.54. The van der Waals surface area contributed by atoms with Crippen LogP contribution in [0.25, 0.3) is 0 Å². The maximum absolute atomic E-state index is 12.2. The van der Waals surface area contributed by atoms with Crippen molar-refractivity contribution in [2.75, 3.05) is 39.9 Å². The highest BCUT2D eigenvalue weighted by atomic mass is 16.5. The first-order chi connectivity index (χ1) is 12.0. The molecule has 1 amide bonds. The van der Waals surface area contributed by atoms with Crippen LogP contribution in [0.2, 0.25) is 0 Å². The summed E-state index contributed by atoms with van der Waals surface area (Å²) in [5.41, 5.74) is 0.311. The Morgan fingerprint density at radius 2 is 2.04 bits per heavy atom. The van der Waals surface area contributed by atoms with Crippen LogP contribution in [0.1, 0.15) is 51.4 Å². The molecule has 6 heteroatoms. The third-order valence-electron chi connectivity index (χ3n) is 5.90. The van der Waals surface area contributed by atoms with E-state index in [1.165, 1.54) is 12.8 Å². The molecule has 1 aromatic heterocycles. The highest BCUT2D eigenvalue weighted by Gasteiger charge is 2.40. The van der Waals surface area contributed by atoms with Crippen LogP contribution >= 0.6 is 0 Å². The molecule has 1 aromatic rings. The molecule has 2 aliphatic rings. The standard InChI is InChI=1S/C19H32N4O2/c1-16(2)23-11-8-20-17(23)14-21-9-6-19(7-10-21)5-4-18(24)22(15-19)12-13-25-3/h8,11,16H,4-7,9-10,12-15H2,1-3H3. The molecule has 0 unspecified atom stereocenters. The highest BCUT2D eigenvalue weighted by Crippen LogP contribution is 2.40. The van der Waals surface area contributed by atoms with E-state index in [4.69, 9.17) is 4.74 Å². The van der Waals surface area contributed by atoms with E-state index in [0.717, 1.165) is 45.0 Å². The lowest BCUT2D eigenvalue weighted by Gasteiger charge is -2.47. The van der Waals surface area contributed by atoms with Crippen LogP contribution in [0.3, 0.4) is 0 Å². The Morgan fingerprint density at radius 3 is 2.72 bits per heavy atom. The first kappa shape index (κ1) is 18.4. The molecule has 0 aromatic carbocycles. The molecule has 2 aliphatic heterocycles. The second-order valence-electron chi connectivity index (χ2n) is 7.93. The van der Waals surface area contributed by atoms with Crippen LogP contribution in [-0.2, 0) is 16.1 Å². The van der Waals surface area contributed by atoms with Gasteiger partial charge >= 0.3 is 0 Å². The molecule has 0 saturated carbocycles. The van der Waals surface area contributed by atoms with E-state index in [1.807, 2.05) is 11.1 Å². The molecule has 2 fully saturated rings. The largest absolute Gasteiger partial charge is 0.383 e. The Bertz CT molecular complexity index is 576. The molecular formula is C19H32N4O2. The number of imidazole rings is 1. The lowest BCUT2D eigenvalue weighted by atomic mass is 9.72. The number of rotatable bonds is 6. The van der Waals surface area contributed by atoms with Gasteiger partial charge in [-0.3, -0.25) is 9.69 Å². The van der Waals surface area contributed by atoms with Gasteiger partial charge < -0.3 is 14.2 Å². The summed E-state index contributed by atoms with van der Waals surface area (Å²) in [4.78, 5) is 21.2. The number of ether oxygens (including phenoxy) is 1. The summed E-state index contributed by atoms with van der Waals surface area (Å²) in [5, 5.41) is 0. The van der Waals surface area contributed by atoms with Crippen molar-refractivity contribution in [3.05, 3.63) is 18.2 Å². The zero-order valence-corrected chi connectivity index (χ0v) is 15.9. The molecule has 2 saturated heterocycles. The predicted molar refractivity (Wildman–Crippen MR) is 97.2 cm³/mol. The number of methoxy groups -OCH3 is 1. The number of amides is 1. The lowest BCUT2D eigenvalue weighted by molar-refractivity contribution is -0.140. The Labute approximate surface area is 151 Å². The maximum atomic E-state index is 12.2. The number of likely N-dealkylation sites (tertiary alicyclic amines) is 2. The minimum Gasteiger partial charge on any atom is -0.383 e. The van der Waals surface area contributed by atoms with Gasteiger partial charge in [0.1, 0.15) is 5.82 Å². The molecule has 25 heavy (non-hydrogen) atoms. The molecule has 0 N–H and O–H groups in total. The molecule has 3 heterocycles. The summed E-state index contributed by atoms with van der Waals surface area (Å²) in [6.07, 6.45) is 8.07. The van der Waals surface area contributed by atoms with Crippen LogP contribution in [0.15, 0.2) is 12.4 Å². The molecule has 0 aliphatic carbocycles. The topological polar surface area (TPSA) is 50.6 Å². The first-order valence-electron chi connectivity index (χ1n) is 9.54. The van der Waals surface area contributed by atoms with E-state index >= 15 is 0 Å². The summed E-state index contributed by atoms with van der Waals surface area (Å²) in [6.45, 7) is 9.78. The van der Waals surface area contributed by atoms with Crippen molar-refractivity contribution in [3.8, 4) is 0 Å². The van der Waals surface area contributed by atoms with Crippen molar-refractivity contribution >= 4 is 5.91 Å². The van der Waals surface area contributed by atoms with Gasteiger partial charge in [-0.2, -0.15) is 0 Å². The van der Waals surface area contributed by atoms with E-state index in [1.54, 1.807) is 7.11 Å². The van der Waals surface area contributed by atoms with Crippen LogP contribution in [-0.4, -0.2) is 65.2 Å². The summed E-state index contributed by atoms with van der Waals surface area (Å²) in [6, 6.07) is 0.451. The summed E-state index contributed by atoms with van der Waals surface area (Å²) in [5.74, 6) is 1.45. The van der Waals surface area contributed by atoms with E-state index in [9.17, 15) is 4.79 Å². The Hall–Kier alpha value is -1.40. The van der Waals surface area contributed by atoms with Gasteiger partial charge in [0.2, 0.25) is 5.91 Å². The number of piperidine rings is 2. The quantitative estimate of drug-likeness (QED) is 0.792. The zero-order valence-electron chi connectivity index (χ0n) is 15.9. The minimum absolute atomic E-state index is 0.295. The second-order valence-corrected chi connectivity index (χ2v) is 7.93. The molecule has 1 spiro atoms. The van der Waals surface area contributed by atoms with Crippen LogP contribution in [0, 0.1) is 5.41 Å². The minimum atomic E-state index is 0.295. The van der Waals surface area contributed by atoms with Gasteiger partial charge in [-0.1, -0.05) is 0 Å². The third kappa shape index (κ3) is 4.23. The Balaban J connectivity index is 1.56. The van der Waals surface area contributed by atoms with E-state index in [0.29, 0.717) is 30.4 Å². The smallest absolute Gasteiger partial charge is 0.222 e. The lowest BCUT2D eigenvalue weighted by Crippen LogP contribution is -2.52. The third-order valence-corrected chi connectivity index (χ3v) is 5.90. The number of hydrogen-bond donors (Lipinski definition) is 0. The van der Waals surface area contributed by atoms with Crippen molar-refractivity contribution in [1.82, 2.24) is 19.4 Å². The normalized spacial score (nSPS) is 21.4. The Morgan fingerprint density at radius 1 is 1.28 bits per heavy atom. The predicted octanol–water partition coefficient (Wildman–Crippen LogP) is 2.31. The van der Waals surface area contributed by atoms with Gasteiger partial charge in [0.05, 0.1) is 13.2 Å². The van der Waals surface area contributed by atoms with Crippen LogP contribution in [0.4, 0.5) is 0 Å². The van der Waals surface area contributed by atoms with Gasteiger partial charge in [0.25, 0.3) is 0 Å². The van der Waals surface area contributed by atoms with E-state index in [2.05, 4.69) is 34.5 Å². The maximum Gasteiger partial charge on any atom is 0.222 e. The zero-order chi connectivity index (χ0) is 17.9. The fourth-order valence-electron chi connectivity index (χ4n) is 4.24. The van der Waals surface area contributed by atoms with Gasteiger partial charge in [-0.25, -0.2) is 4.98 Å². The molecule has 0 radical (unpaired) electrons. The molecule has 3 rings (SSSR count). The van der Waals surface area contributed by atoms with Crippen LogP contribution < -0.4 is 0 Å². The fourth-order valence-corrected chi connectivity index (χ4v) is 4.24. The van der Waals surface area contributed by atoms with Gasteiger partial charge in [0.15, 0.2) is 0 Å². The summed E-state index contributed by atoms with van der Waals surface area (Å²) >= 11 is 0. The average molecular weight is 348 g/mol. The number of aromatic nitrogens is 2. The van der Waals surface area contributed by atoms with Gasteiger partial charge in [-0.05, 0) is 51.6 Å². The monoisotopic (exact) mass is 348 g/mol. The van der Waals surface area contributed by atoms with Crippen molar-refractivity contribution in [2.45, 2.75) is 52.1 Å². The highest BCUT2D eigenvalue weighted by molar-refractivity contribution is 5.77. The van der Waals surface area contributed by atoms with Crippen LogP contribution in [0.5, 0.6) is 0 Å². The number of nitrogens with zero attached hydrogens (tertiary/aromatic N) is 4. The second kappa shape index (κ2) is 7.87. The average Bonchev–Trinajstić information content (AvgIpc) is 3.06. The number of carbonyl (C=O) groups is 1. The Kier molecular flexibility index (Phi) is 5.79. The molecule has 140 valence electrons. The van der Waals surface area contributed by atoms with Crippen molar-refractivity contribution in [1.29, 1.82) is 0 Å². The molecular weight excluding hydrogens is 316 g/mol. The van der Waals surface area contributed by atoms with Crippen molar-refractivity contribution in [3.63, 3.8) is 0 Å². The summed E-state index contributed by atoms with van der Waals surface area (Å²) < 4.78 is 7.42. The number of carbonyl (C=O) groups excluding carboxylic acids is 1. The molecule has 0 atom stereocenters. The van der Waals surface area contributed by atoms with E-state index in [-0.39, 0.29) is 0 Å². The fraction of sp³-hybridized carbons (Fsp3) is 0.789. The molecule has 6 nitrogen and oxygen atoms in total. The van der Waals surface area contributed by atoms with Gasteiger partial charge in [0, 0.05) is 45.1 Å². The summed E-state index contributed by atoms with van der Waals surface area (Å²) in [7, 11) is 1.70. The van der Waals surface area contributed by atoms with Crippen molar-refractivity contribution in [2.24, 2.45) is 5.41 Å².